The van der Waals surface area contributed by atoms with E-state index >= 15 is 0 Å². The van der Waals surface area contributed by atoms with E-state index in [1.807, 2.05) is 30.3 Å². The Labute approximate surface area is 137 Å². The monoisotopic (exact) mass is 311 g/mol. The molecule has 4 nitrogen and oxygen atoms in total. The number of hydrogen-bond donors (Lipinski definition) is 1. The number of benzene rings is 1. The molecule has 3 rings (SSSR count). The van der Waals surface area contributed by atoms with Crippen LogP contribution in [0.3, 0.4) is 0 Å². The van der Waals surface area contributed by atoms with Crippen molar-refractivity contribution in [2.24, 2.45) is 5.41 Å². The van der Waals surface area contributed by atoms with E-state index in [9.17, 15) is 4.79 Å². The highest BCUT2D eigenvalue weighted by Crippen LogP contribution is 2.32. The Morgan fingerprint density at radius 1 is 1.30 bits per heavy atom. The van der Waals surface area contributed by atoms with E-state index in [4.69, 9.17) is 0 Å². The summed E-state index contributed by atoms with van der Waals surface area (Å²) in [6, 6.07) is 10.4. The number of aromatic nitrogens is 1. The number of carbonyl (C=O) groups is 1. The van der Waals surface area contributed by atoms with Crippen LogP contribution in [0, 0.1) is 5.41 Å². The minimum Gasteiger partial charge on any atom is -0.310 e. The second kappa shape index (κ2) is 6.28. The van der Waals surface area contributed by atoms with Gasteiger partial charge < -0.3 is 5.32 Å². The molecule has 0 bridgehead atoms. The molecule has 0 radical (unpaired) electrons. The zero-order chi connectivity index (χ0) is 16.4. The molecular weight excluding hydrogens is 286 g/mol. The number of carbonyl (C=O) groups excluding carboxylic acids is 1. The van der Waals surface area contributed by atoms with Crippen LogP contribution in [0.2, 0.25) is 0 Å². The van der Waals surface area contributed by atoms with Crippen LogP contribution < -0.4 is 5.32 Å². The Kier molecular flexibility index (Phi) is 4.35. The van der Waals surface area contributed by atoms with Gasteiger partial charge in [-0.25, -0.2) is 4.98 Å². The van der Waals surface area contributed by atoms with Crippen molar-refractivity contribution >= 4 is 22.5 Å². The van der Waals surface area contributed by atoms with Crippen molar-refractivity contribution in [3.8, 4) is 0 Å². The van der Waals surface area contributed by atoms with Crippen molar-refractivity contribution in [2.75, 3.05) is 18.4 Å². The van der Waals surface area contributed by atoms with Gasteiger partial charge in [-0.05, 0) is 51.6 Å². The molecule has 23 heavy (non-hydrogen) atoms. The predicted octanol–water partition coefficient (Wildman–Crippen LogP) is 3.68. The van der Waals surface area contributed by atoms with Gasteiger partial charge in [-0.1, -0.05) is 24.3 Å². The number of rotatable bonds is 3. The number of likely N-dealkylation sites (tertiary alicyclic amines) is 1. The van der Waals surface area contributed by atoms with Crippen LogP contribution >= 0.6 is 0 Å². The third-order valence-electron chi connectivity index (χ3n) is 4.91. The molecule has 4 heteroatoms. The summed E-state index contributed by atoms with van der Waals surface area (Å²) in [5, 5.41) is 5.16. The number of amides is 1. The number of nitrogens with zero attached hydrogens (tertiary/aromatic N) is 2. The van der Waals surface area contributed by atoms with E-state index in [0.29, 0.717) is 11.9 Å². The fourth-order valence-corrected chi connectivity index (χ4v) is 3.38. The third-order valence-corrected chi connectivity index (χ3v) is 4.91. The summed E-state index contributed by atoms with van der Waals surface area (Å²) < 4.78 is 0. The topological polar surface area (TPSA) is 45.2 Å². The summed E-state index contributed by atoms with van der Waals surface area (Å²) >= 11 is 0. The Hall–Kier alpha value is -1.94. The van der Waals surface area contributed by atoms with Crippen molar-refractivity contribution in [1.29, 1.82) is 0 Å². The molecule has 1 fully saturated rings. The standard InChI is InChI=1S/C19H25N3O/c1-14(2)22-12-6-10-19(3,13-22)18(23)21-17-16-8-5-4-7-15(16)9-11-20-17/h4-5,7-9,11,14H,6,10,12-13H2,1-3H3,(H,20,21,23). The summed E-state index contributed by atoms with van der Waals surface area (Å²) in [6.45, 7) is 8.34. The highest BCUT2D eigenvalue weighted by atomic mass is 16.2. The molecule has 1 atom stereocenters. The zero-order valence-corrected chi connectivity index (χ0v) is 14.2. The molecule has 0 aliphatic carbocycles. The predicted molar refractivity (Wildman–Crippen MR) is 94.4 cm³/mol. The summed E-state index contributed by atoms with van der Waals surface area (Å²) in [6.07, 6.45) is 3.74. The molecule has 0 saturated carbocycles. The first kappa shape index (κ1) is 15.9. The lowest BCUT2D eigenvalue weighted by atomic mass is 9.80. The average Bonchev–Trinajstić information content (AvgIpc) is 2.55. The fourth-order valence-electron chi connectivity index (χ4n) is 3.38. The van der Waals surface area contributed by atoms with Gasteiger partial charge in [0, 0.05) is 24.2 Å². The molecular formula is C19H25N3O. The van der Waals surface area contributed by atoms with Gasteiger partial charge in [0.15, 0.2) is 0 Å². The van der Waals surface area contributed by atoms with Gasteiger partial charge >= 0.3 is 0 Å². The van der Waals surface area contributed by atoms with Crippen LogP contribution in [-0.2, 0) is 4.79 Å². The largest absolute Gasteiger partial charge is 0.310 e. The van der Waals surface area contributed by atoms with Gasteiger partial charge in [-0.2, -0.15) is 0 Å². The number of fused-ring (bicyclic) bond motifs is 1. The Morgan fingerprint density at radius 2 is 2.09 bits per heavy atom. The van der Waals surface area contributed by atoms with E-state index in [-0.39, 0.29) is 11.3 Å². The van der Waals surface area contributed by atoms with Gasteiger partial charge in [0.05, 0.1) is 5.41 Å². The maximum atomic E-state index is 12.9. The van der Waals surface area contributed by atoms with Crippen LogP contribution in [-0.4, -0.2) is 34.9 Å². The lowest BCUT2D eigenvalue weighted by Crippen LogP contribution is -2.50. The molecule has 0 spiro atoms. The van der Waals surface area contributed by atoms with Crippen molar-refractivity contribution in [3.05, 3.63) is 36.5 Å². The lowest BCUT2D eigenvalue weighted by molar-refractivity contribution is -0.128. The quantitative estimate of drug-likeness (QED) is 0.940. The van der Waals surface area contributed by atoms with Crippen molar-refractivity contribution in [2.45, 2.75) is 39.7 Å². The van der Waals surface area contributed by atoms with Crippen molar-refractivity contribution in [1.82, 2.24) is 9.88 Å². The molecule has 2 aromatic rings. The zero-order valence-electron chi connectivity index (χ0n) is 14.2. The summed E-state index contributed by atoms with van der Waals surface area (Å²) in [5.41, 5.74) is -0.360. The first-order chi connectivity index (χ1) is 11.0. The molecule has 1 aromatic carbocycles. The smallest absolute Gasteiger partial charge is 0.232 e. The minimum atomic E-state index is -0.360. The molecule has 1 unspecified atom stereocenters. The summed E-state index contributed by atoms with van der Waals surface area (Å²) in [5.74, 6) is 0.739. The molecule has 122 valence electrons. The maximum absolute atomic E-state index is 12.9. The first-order valence-corrected chi connectivity index (χ1v) is 8.39. The van der Waals surface area contributed by atoms with Crippen molar-refractivity contribution < 1.29 is 4.79 Å². The van der Waals surface area contributed by atoms with Crippen LogP contribution in [0.5, 0.6) is 0 Å². The van der Waals surface area contributed by atoms with Crippen LogP contribution in [0.1, 0.15) is 33.6 Å². The van der Waals surface area contributed by atoms with Crippen LogP contribution in [0.25, 0.3) is 10.8 Å². The Morgan fingerprint density at radius 3 is 2.87 bits per heavy atom. The molecule has 1 aliphatic heterocycles. The van der Waals surface area contributed by atoms with Gasteiger partial charge in [0.25, 0.3) is 0 Å². The average molecular weight is 311 g/mol. The fraction of sp³-hybridized carbons (Fsp3) is 0.474. The van der Waals surface area contributed by atoms with E-state index in [2.05, 4.69) is 36.0 Å². The molecule has 1 saturated heterocycles. The molecule has 1 aromatic heterocycles. The van der Waals surface area contributed by atoms with Gasteiger partial charge in [-0.15, -0.1) is 0 Å². The van der Waals surface area contributed by atoms with E-state index in [1.165, 1.54) is 0 Å². The van der Waals surface area contributed by atoms with Crippen LogP contribution in [0.4, 0.5) is 5.82 Å². The third kappa shape index (κ3) is 3.22. The highest BCUT2D eigenvalue weighted by molar-refractivity contribution is 6.02. The normalized spacial score (nSPS) is 22.4. The SMILES string of the molecule is CC(C)N1CCCC(C)(C(=O)Nc2nccc3ccccc23)C1. The summed E-state index contributed by atoms with van der Waals surface area (Å²) in [4.78, 5) is 19.7. The van der Waals surface area contributed by atoms with Crippen LogP contribution in [0.15, 0.2) is 36.5 Å². The number of nitrogens with one attached hydrogen (secondary N) is 1. The number of pyridine rings is 1. The molecule has 1 aliphatic rings. The second-order valence-electron chi connectivity index (χ2n) is 7.06. The van der Waals surface area contributed by atoms with E-state index < -0.39 is 0 Å². The highest BCUT2D eigenvalue weighted by Gasteiger charge is 2.38. The number of anilines is 1. The Balaban J connectivity index is 1.83. The Bertz CT molecular complexity index is 707. The lowest BCUT2D eigenvalue weighted by Gasteiger charge is -2.41. The van der Waals surface area contributed by atoms with Gasteiger partial charge in [0.1, 0.15) is 5.82 Å². The van der Waals surface area contributed by atoms with Gasteiger partial charge in [-0.3, -0.25) is 9.69 Å². The molecule has 2 heterocycles. The minimum absolute atomic E-state index is 0.0757. The molecule has 1 amide bonds. The number of hydrogen-bond acceptors (Lipinski definition) is 3. The van der Waals surface area contributed by atoms with Gasteiger partial charge in [0.2, 0.25) is 5.91 Å². The second-order valence-corrected chi connectivity index (χ2v) is 7.06. The van der Waals surface area contributed by atoms with E-state index in [1.54, 1.807) is 6.20 Å². The summed E-state index contributed by atoms with van der Waals surface area (Å²) in [7, 11) is 0. The van der Waals surface area contributed by atoms with Crippen molar-refractivity contribution in [3.63, 3.8) is 0 Å². The van der Waals surface area contributed by atoms with E-state index in [0.717, 1.165) is 36.7 Å². The maximum Gasteiger partial charge on any atom is 0.232 e. The number of piperidine rings is 1. The molecule has 1 N–H and O–H groups in total. The first-order valence-electron chi connectivity index (χ1n) is 8.39.